The van der Waals surface area contributed by atoms with Gasteiger partial charge < -0.3 is 26.2 Å². The summed E-state index contributed by atoms with van der Waals surface area (Å²) in [7, 11) is 0. The molecule has 0 aliphatic carbocycles. The summed E-state index contributed by atoms with van der Waals surface area (Å²) >= 11 is 0. The molecule has 2 rings (SSSR count). The van der Waals surface area contributed by atoms with Crippen LogP contribution in [-0.4, -0.2) is 48.0 Å². The highest BCUT2D eigenvalue weighted by molar-refractivity contribution is 5.95. The van der Waals surface area contributed by atoms with Gasteiger partial charge in [0, 0.05) is 24.8 Å². The smallest absolute Gasteiger partial charge is 0.405 e. The van der Waals surface area contributed by atoms with Crippen LogP contribution in [0.2, 0.25) is 0 Å². The van der Waals surface area contributed by atoms with Crippen LogP contribution in [0.4, 0.5) is 18.9 Å². The number of alkyl halides is 3. The highest BCUT2D eigenvalue weighted by Gasteiger charge is 2.31. The fourth-order valence-corrected chi connectivity index (χ4v) is 3.00. The van der Waals surface area contributed by atoms with E-state index in [1.54, 1.807) is 30.3 Å². The van der Waals surface area contributed by atoms with Crippen molar-refractivity contribution in [2.45, 2.75) is 31.7 Å². The van der Waals surface area contributed by atoms with Crippen LogP contribution in [0.15, 0.2) is 48.5 Å². The van der Waals surface area contributed by atoms with Gasteiger partial charge in [0.05, 0.1) is 11.7 Å². The van der Waals surface area contributed by atoms with Crippen molar-refractivity contribution in [1.82, 2.24) is 5.32 Å². The molecule has 0 saturated carbocycles. The fourth-order valence-electron chi connectivity index (χ4n) is 3.00. The fraction of sp³-hybridized carbons (Fsp3) is 0.381. The number of nitrogens with one attached hydrogen (secondary N) is 1. The molecule has 1 amide bonds. The number of para-hydroxylation sites is 1. The first kappa shape index (κ1) is 23.5. The minimum atomic E-state index is -4.32. The highest BCUT2D eigenvalue weighted by atomic mass is 19.4. The minimum Gasteiger partial charge on any atom is -0.507 e. The van der Waals surface area contributed by atoms with E-state index in [2.05, 4.69) is 5.32 Å². The molecule has 0 radical (unpaired) electrons. The summed E-state index contributed by atoms with van der Waals surface area (Å²) < 4.78 is 38.8. The number of aromatic hydroxyl groups is 1. The quantitative estimate of drug-likeness (QED) is 0.469. The van der Waals surface area contributed by atoms with Crippen LogP contribution in [0.5, 0.6) is 5.75 Å². The van der Waals surface area contributed by atoms with E-state index >= 15 is 0 Å². The first-order valence-electron chi connectivity index (χ1n) is 9.47. The maximum absolute atomic E-state index is 12.9. The Morgan fingerprint density at radius 2 is 1.87 bits per heavy atom. The van der Waals surface area contributed by atoms with E-state index in [-0.39, 0.29) is 30.4 Å². The number of hydrogen-bond donors (Lipinski definition) is 4. The predicted molar refractivity (Wildman–Crippen MR) is 108 cm³/mol. The molecule has 6 nitrogen and oxygen atoms in total. The Hall–Kier alpha value is -2.78. The molecule has 0 aliphatic heterocycles. The lowest BCUT2D eigenvalue weighted by Gasteiger charge is -2.28. The number of aliphatic hydroxyl groups excluding tert-OH is 1. The van der Waals surface area contributed by atoms with E-state index in [9.17, 15) is 28.2 Å². The molecule has 0 heterocycles. The van der Waals surface area contributed by atoms with Crippen molar-refractivity contribution in [2.75, 3.05) is 24.5 Å². The number of carbonyl (C=O) groups excluding carboxylic acids is 1. The number of carbonyl (C=O) groups is 1. The SMILES string of the molecule is CC(CCN(CC(F)(F)F)c1ccccc1)NCC(O)c1ccc(O)c(C(N)=O)c1. The number of hydrogen-bond acceptors (Lipinski definition) is 5. The first-order valence-corrected chi connectivity index (χ1v) is 9.47. The maximum Gasteiger partial charge on any atom is 0.405 e. The molecule has 2 aromatic carbocycles. The van der Waals surface area contributed by atoms with Gasteiger partial charge in [-0.3, -0.25) is 4.79 Å². The Bertz CT molecular complexity index is 831. The van der Waals surface area contributed by atoms with Crippen molar-refractivity contribution in [2.24, 2.45) is 5.73 Å². The van der Waals surface area contributed by atoms with Crippen molar-refractivity contribution in [3.8, 4) is 5.75 Å². The van der Waals surface area contributed by atoms with Crippen molar-refractivity contribution >= 4 is 11.6 Å². The molecule has 0 spiro atoms. The maximum atomic E-state index is 12.9. The number of anilines is 1. The Kier molecular flexibility index (Phi) is 8.08. The number of primary amides is 1. The third-order valence-electron chi connectivity index (χ3n) is 4.65. The van der Waals surface area contributed by atoms with Gasteiger partial charge in [0.2, 0.25) is 0 Å². The normalized spacial score (nSPS) is 13.6. The van der Waals surface area contributed by atoms with Gasteiger partial charge in [0.1, 0.15) is 12.3 Å². The molecule has 0 fully saturated rings. The summed E-state index contributed by atoms with van der Waals surface area (Å²) in [4.78, 5) is 12.6. The van der Waals surface area contributed by atoms with Crippen LogP contribution >= 0.6 is 0 Å². The summed E-state index contributed by atoms with van der Waals surface area (Å²) in [5.41, 5.74) is 5.98. The average Bonchev–Trinajstić information content (AvgIpc) is 2.69. The Morgan fingerprint density at radius 3 is 2.47 bits per heavy atom. The number of amides is 1. The molecule has 2 unspecified atom stereocenters. The molecule has 30 heavy (non-hydrogen) atoms. The van der Waals surface area contributed by atoms with Crippen LogP contribution in [-0.2, 0) is 0 Å². The van der Waals surface area contributed by atoms with Crippen LogP contribution in [0.25, 0.3) is 0 Å². The van der Waals surface area contributed by atoms with Gasteiger partial charge in [0.25, 0.3) is 5.91 Å². The molecular weight excluding hydrogens is 399 g/mol. The number of aliphatic hydroxyl groups is 1. The molecule has 164 valence electrons. The number of rotatable bonds is 10. The molecule has 0 bridgehead atoms. The number of nitrogens with two attached hydrogens (primary N) is 1. The van der Waals surface area contributed by atoms with E-state index in [1.807, 2.05) is 6.92 Å². The zero-order chi connectivity index (χ0) is 22.3. The molecule has 0 saturated heterocycles. The number of nitrogens with zero attached hydrogens (tertiary/aromatic N) is 1. The summed E-state index contributed by atoms with van der Waals surface area (Å²) in [6.07, 6.45) is -4.88. The van der Waals surface area contributed by atoms with Crippen molar-refractivity contribution in [3.05, 3.63) is 59.7 Å². The Morgan fingerprint density at radius 1 is 1.20 bits per heavy atom. The van der Waals surface area contributed by atoms with Crippen LogP contribution in [0.3, 0.4) is 0 Å². The third kappa shape index (κ3) is 7.23. The van der Waals surface area contributed by atoms with Crippen LogP contribution in [0.1, 0.15) is 35.4 Å². The second-order valence-corrected chi connectivity index (χ2v) is 7.13. The van der Waals surface area contributed by atoms with Crippen molar-refractivity contribution in [1.29, 1.82) is 0 Å². The van der Waals surface area contributed by atoms with Gasteiger partial charge in [-0.05, 0) is 43.2 Å². The van der Waals surface area contributed by atoms with Crippen LogP contribution in [0, 0.1) is 0 Å². The standard InChI is InChI=1S/C21H26F3N3O3/c1-14(9-10-27(13-21(22,23)24)16-5-3-2-4-6-16)26-12-19(29)15-7-8-18(28)17(11-15)20(25)30/h2-8,11,14,19,26,28-29H,9-10,12-13H2,1H3,(H2,25,30). The predicted octanol–water partition coefficient (Wildman–Crippen LogP) is 2.96. The van der Waals surface area contributed by atoms with Crippen molar-refractivity contribution < 1.29 is 28.2 Å². The van der Waals surface area contributed by atoms with E-state index < -0.39 is 24.7 Å². The van der Waals surface area contributed by atoms with E-state index in [0.717, 1.165) is 0 Å². The molecular formula is C21H26F3N3O3. The zero-order valence-corrected chi connectivity index (χ0v) is 16.6. The van der Waals surface area contributed by atoms with Gasteiger partial charge in [-0.1, -0.05) is 24.3 Å². The second-order valence-electron chi connectivity index (χ2n) is 7.13. The van der Waals surface area contributed by atoms with Crippen LogP contribution < -0.4 is 16.0 Å². The summed E-state index contributed by atoms with van der Waals surface area (Å²) in [6, 6.07) is 12.3. The minimum absolute atomic E-state index is 0.0924. The van der Waals surface area contributed by atoms with Gasteiger partial charge in [-0.25, -0.2) is 0 Å². The first-order chi connectivity index (χ1) is 14.1. The average molecular weight is 425 g/mol. The largest absolute Gasteiger partial charge is 0.507 e. The van der Waals surface area contributed by atoms with E-state index in [0.29, 0.717) is 17.7 Å². The third-order valence-corrected chi connectivity index (χ3v) is 4.65. The van der Waals surface area contributed by atoms with E-state index in [1.165, 1.54) is 23.1 Å². The van der Waals surface area contributed by atoms with Gasteiger partial charge in [-0.15, -0.1) is 0 Å². The van der Waals surface area contributed by atoms with Gasteiger partial charge in [0.15, 0.2) is 0 Å². The highest BCUT2D eigenvalue weighted by Crippen LogP contribution is 2.23. The molecule has 9 heteroatoms. The van der Waals surface area contributed by atoms with Gasteiger partial charge >= 0.3 is 6.18 Å². The Balaban J connectivity index is 1.92. The number of benzene rings is 2. The monoisotopic (exact) mass is 425 g/mol. The summed E-state index contributed by atoms with van der Waals surface area (Å²) in [5, 5.41) is 23.0. The summed E-state index contributed by atoms with van der Waals surface area (Å²) in [5.74, 6) is -1.08. The molecule has 0 aliphatic rings. The molecule has 0 aromatic heterocycles. The lowest BCUT2D eigenvalue weighted by atomic mass is 10.0. The summed E-state index contributed by atoms with van der Waals surface area (Å²) in [6.45, 7) is 1.07. The molecule has 5 N–H and O–H groups in total. The molecule has 2 atom stereocenters. The Labute approximate surface area is 173 Å². The second kappa shape index (κ2) is 10.3. The number of halogens is 3. The lowest BCUT2D eigenvalue weighted by molar-refractivity contribution is -0.119. The van der Waals surface area contributed by atoms with E-state index in [4.69, 9.17) is 5.73 Å². The van der Waals surface area contributed by atoms with Gasteiger partial charge in [-0.2, -0.15) is 13.2 Å². The zero-order valence-electron chi connectivity index (χ0n) is 16.6. The lowest BCUT2D eigenvalue weighted by Crippen LogP contribution is -2.38. The molecule has 2 aromatic rings. The van der Waals surface area contributed by atoms with Crippen molar-refractivity contribution in [3.63, 3.8) is 0 Å². The topological polar surface area (TPSA) is 98.8 Å². The number of phenols is 1.